The van der Waals surface area contributed by atoms with Gasteiger partial charge in [-0.15, -0.1) is 11.8 Å². The van der Waals surface area contributed by atoms with Crippen molar-refractivity contribution in [2.45, 2.75) is 29.0 Å². The molecule has 0 aromatic heterocycles. The van der Waals surface area contributed by atoms with Crippen molar-refractivity contribution in [2.75, 3.05) is 24.4 Å². The third kappa shape index (κ3) is 4.91. The Kier molecular flexibility index (Phi) is 6.99. The molecule has 2 atom stereocenters. The summed E-state index contributed by atoms with van der Waals surface area (Å²) in [4.78, 5) is 37.1. The lowest BCUT2D eigenvalue weighted by atomic mass is 10.2. The van der Waals surface area contributed by atoms with Crippen LogP contribution in [-0.4, -0.2) is 48.2 Å². The van der Waals surface area contributed by atoms with Crippen LogP contribution >= 0.6 is 23.5 Å². The van der Waals surface area contributed by atoms with Crippen molar-refractivity contribution in [3.05, 3.63) is 24.3 Å². The van der Waals surface area contributed by atoms with Crippen LogP contribution in [0.1, 0.15) is 12.8 Å². The van der Waals surface area contributed by atoms with Crippen molar-refractivity contribution < 1.29 is 19.1 Å². The number of carbonyl (C=O) groups excluding carboxylic acids is 3. The summed E-state index contributed by atoms with van der Waals surface area (Å²) in [5.74, 6) is -0.277. The van der Waals surface area contributed by atoms with Gasteiger partial charge in [0.2, 0.25) is 11.8 Å². The molecule has 0 fully saturated rings. The van der Waals surface area contributed by atoms with Crippen LogP contribution in [0.3, 0.4) is 0 Å². The summed E-state index contributed by atoms with van der Waals surface area (Å²) in [7, 11) is 1.29. The molecular formula is C16H20N2O4S2. The third-order valence-corrected chi connectivity index (χ3v) is 5.43. The Bertz CT molecular complexity index is 624. The maximum Gasteiger partial charge on any atom is 0.328 e. The predicted molar refractivity (Wildman–Crippen MR) is 96.3 cm³/mol. The van der Waals surface area contributed by atoms with Gasteiger partial charge in [-0.3, -0.25) is 9.59 Å². The normalized spacial score (nSPS) is 17.4. The largest absolute Gasteiger partial charge is 0.467 e. The standard InChI is InChI=1S/C16H20N2O4S2/c1-22-16(21)11(7-8-23-2)17-14(19)9-13-15(20)18-10-5-3-4-6-12(10)24-13/h3-6,11,13H,7-9H2,1-2H3,(H,17,19)(H,18,20)/t11-,13-/m1/s1. The molecule has 6 nitrogen and oxygen atoms in total. The number of hydrogen-bond donors (Lipinski definition) is 2. The van der Waals surface area contributed by atoms with Crippen LogP contribution in [0.15, 0.2) is 29.2 Å². The zero-order chi connectivity index (χ0) is 17.5. The smallest absolute Gasteiger partial charge is 0.328 e. The SMILES string of the molecule is COC(=O)[C@@H](CCSC)NC(=O)C[C@H]1Sc2ccccc2NC1=O. The van der Waals surface area contributed by atoms with Crippen LogP contribution in [0, 0.1) is 0 Å². The summed E-state index contributed by atoms with van der Waals surface area (Å²) in [5.41, 5.74) is 0.761. The van der Waals surface area contributed by atoms with E-state index in [1.54, 1.807) is 11.8 Å². The average molecular weight is 368 g/mol. The van der Waals surface area contributed by atoms with Crippen LogP contribution in [0.25, 0.3) is 0 Å². The van der Waals surface area contributed by atoms with Gasteiger partial charge in [-0.1, -0.05) is 12.1 Å². The minimum Gasteiger partial charge on any atom is -0.467 e. The Balaban J connectivity index is 1.96. The quantitative estimate of drug-likeness (QED) is 0.715. The van der Waals surface area contributed by atoms with Crippen molar-refractivity contribution in [3.63, 3.8) is 0 Å². The van der Waals surface area contributed by atoms with E-state index >= 15 is 0 Å². The molecule has 1 aliphatic rings. The van der Waals surface area contributed by atoms with Crippen LogP contribution in [-0.2, 0) is 19.1 Å². The van der Waals surface area contributed by atoms with Crippen LogP contribution in [0.4, 0.5) is 5.69 Å². The molecule has 1 aliphatic heterocycles. The van der Waals surface area contributed by atoms with Gasteiger partial charge in [0, 0.05) is 11.3 Å². The molecule has 1 heterocycles. The molecule has 2 rings (SSSR count). The highest BCUT2D eigenvalue weighted by molar-refractivity contribution is 8.01. The fraction of sp³-hybridized carbons (Fsp3) is 0.438. The second kappa shape index (κ2) is 8.98. The molecule has 1 aromatic carbocycles. The second-order valence-corrected chi connectivity index (χ2v) is 7.45. The fourth-order valence-corrected chi connectivity index (χ4v) is 3.86. The molecule has 0 saturated carbocycles. The number of hydrogen-bond acceptors (Lipinski definition) is 6. The lowest BCUT2D eigenvalue weighted by molar-refractivity contribution is -0.145. The van der Waals surface area contributed by atoms with E-state index in [1.807, 2.05) is 30.5 Å². The molecule has 8 heteroatoms. The average Bonchev–Trinajstić information content (AvgIpc) is 2.58. The van der Waals surface area contributed by atoms with E-state index in [1.165, 1.54) is 18.9 Å². The number of fused-ring (bicyclic) bond motifs is 1. The first-order valence-electron chi connectivity index (χ1n) is 7.47. The first kappa shape index (κ1) is 18.7. The number of thioether (sulfide) groups is 2. The van der Waals surface area contributed by atoms with Gasteiger partial charge >= 0.3 is 5.97 Å². The molecule has 2 amide bonds. The molecule has 0 saturated heterocycles. The van der Waals surface area contributed by atoms with Crippen molar-refractivity contribution in [1.29, 1.82) is 0 Å². The van der Waals surface area contributed by atoms with Gasteiger partial charge in [0.25, 0.3) is 0 Å². The number of benzene rings is 1. The Morgan fingerprint density at radius 2 is 2.17 bits per heavy atom. The minimum atomic E-state index is -0.682. The highest BCUT2D eigenvalue weighted by Crippen LogP contribution is 2.36. The molecule has 0 bridgehead atoms. The van der Waals surface area contributed by atoms with Crippen molar-refractivity contribution in [2.24, 2.45) is 0 Å². The zero-order valence-electron chi connectivity index (χ0n) is 13.5. The van der Waals surface area contributed by atoms with Gasteiger partial charge in [0.1, 0.15) is 6.04 Å². The van der Waals surface area contributed by atoms with Crippen molar-refractivity contribution in [1.82, 2.24) is 5.32 Å². The summed E-state index contributed by atoms with van der Waals surface area (Å²) in [6.45, 7) is 0. The lowest BCUT2D eigenvalue weighted by Gasteiger charge is -2.24. The van der Waals surface area contributed by atoms with E-state index in [2.05, 4.69) is 10.6 Å². The van der Waals surface area contributed by atoms with Gasteiger partial charge in [0.15, 0.2) is 0 Å². The van der Waals surface area contributed by atoms with E-state index < -0.39 is 17.3 Å². The molecule has 0 aliphatic carbocycles. The molecule has 130 valence electrons. The summed E-state index contributed by atoms with van der Waals surface area (Å²) in [5, 5.41) is 4.96. The number of para-hydroxylation sites is 1. The zero-order valence-corrected chi connectivity index (χ0v) is 15.2. The Labute approximate surface area is 149 Å². The summed E-state index contributed by atoms with van der Waals surface area (Å²) in [6, 6.07) is 6.78. The highest BCUT2D eigenvalue weighted by Gasteiger charge is 2.30. The molecule has 0 spiro atoms. The highest BCUT2D eigenvalue weighted by atomic mass is 32.2. The van der Waals surface area contributed by atoms with E-state index in [0.717, 1.165) is 16.3 Å². The number of amides is 2. The first-order chi connectivity index (χ1) is 11.5. The minimum absolute atomic E-state index is 0.0115. The Hall–Kier alpha value is -1.67. The number of esters is 1. The Morgan fingerprint density at radius 1 is 1.42 bits per heavy atom. The number of carbonyl (C=O) groups is 3. The Morgan fingerprint density at radius 3 is 2.88 bits per heavy atom. The van der Waals surface area contributed by atoms with Gasteiger partial charge in [0.05, 0.1) is 18.0 Å². The van der Waals surface area contributed by atoms with Gasteiger partial charge < -0.3 is 15.4 Å². The number of ether oxygens (including phenoxy) is 1. The van der Waals surface area contributed by atoms with Crippen LogP contribution in [0.5, 0.6) is 0 Å². The van der Waals surface area contributed by atoms with Gasteiger partial charge in [-0.25, -0.2) is 4.79 Å². The number of methoxy groups -OCH3 is 1. The molecule has 1 aromatic rings. The fourth-order valence-electron chi connectivity index (χ4n) is 2.28. The van der Waals surface area contributed by atoms with Crippen LogP contribution in [0.2, 0.25) is 0 Å². The predicted octanol–water partition coefficient (Wildman–Crippen LogP) is 1.90. The topological polar surface area (TPSA) is 84.5 Å². The van der Waals surface area contributed by atoms with E-state index in [9.17, 15) is 14.4 Å². The number of anilines is 1. The first-order valence-corrected chi connectivity index (χ1v) is 9.75. The lowest BCUT2D eigenvalue weighted by Crippen LogP contribution is -2.44. The molecule has 0 radical (unpaired) electrons. The molecule has 0 unspecified atom stereocenters. The third-order valence-electron chi connectivity index (χ3n) is 3.51. The molecule has 24 heavy (non-hydrogen) atoms. The van der Waals surface area contributed by atoms with E-state index in [0.29, 0.717) is 6.42 Å². The molecule has 2 N–H and O–H groups in total. The monoisotopic (exact) mass is 368 g/mol. The van der Waals surface area contributed by atoms with E-state index in [-0.39, 0.29) is 18.2 Å². The summed E-state index contributed by atoms with van der Waals surface area (Å²) < 4.78 is 4.72. The maximum absolute atomic E-state index is 12.2. The van der Waals surface area contributed by atoms with Gasteiger partial charge in [-0.2, -0.15) is 11.8 Å². The van der Waals surface area contributed by atoms with Crippen molar-refractivity contribution >= 4 is 47.0 Å². The number of nitrogens with one attached hydrogen (secondary N) is 2. The van der Waals surface area contributed by atoms with Crippen molar-refractivity contribution in [3.8, 4) is 0 Å². The van der Waals surface area contributed by atoms with E-state index in [4.69, 9.17) is 4.74 Å². The number of rotatable bonds is 7. The summed E-state index contributed by atoms with van der Waals surface area (Å²) in [6.07, 6.45) is 2.43. The second-order valence-electron chi connectivity index (χ2n) is 5.22. The van der Waals surface area contributed by atoms with Crippen LogP contribution < -0.4 is 10.6 Å². The maximum atomic E-state index is 12.2. The molecular weight excluding hydrogens is 348 g/mol. The van der Waals surface area contributed by atoms with Gasteiger partial charge in [-0.05, 0) is 30.6 Å². The summed E-state index contributed by atoms with van der Waals surface area (Å²) >= 11 is 2.95.